The summed E-state index contributed by atoms with van der Waals surface area (Å²) in [4.78, 5) is 55.8. The molecule has 1 aliphatic carbocycles. The normalized spacial score (nSPS) is 27.6. The Kier molecular flexibility index (Phi) is 9.35. The van der Waals surface area contributed by atoms with E-state index in [4.69, 9.17) is 9.47 Å². The van der Waals surface area contributed by atoms with Crippen molar-refractivity contribution < 1.29 is 28.7 Å². The maximum absolute atomic E-state index is 13.1. The van der Waals surface area contributed by atoms with Crippen LogP contribution in [0.5, 0.6) is 5.75 Å². The molecule has 3 fully saturated rings. The molecule has 1 N–H and O–H groups in total. The quantitative estimate of drug-likeness (QED) is 0.431. The van der Waals surface area contributed by atoms with Crippen LogP contribution in [0.4, 0.5) is 0 Å². The Balaban J connectivity index is 1.05. The van der Waals surface area contributed by atoms with Gasteiger partial charge in [0.1, 0.15) is 24.2 Å². The van der Waals surface area contributed by atoms with Crippen molar-refractivity contribution in [2.75, 3.05) is 39.4 Å². The minimum Gasteiger partial charge on any atom is -0.492 e. The lowest BCUT2D eigenvalue weighted by molar-refractivity contribution is -0.137. The molecule has 3 saturated heterocycles. The number of imide groups is 1. The van der Waals surface area contributed by atoms with E-state index in [-0.39, 0.29) is 42.7 Å². The predicted molar refractivity (Wildman–Crippen MR) is 163 cm³/mol. The van der Waals surface area contributed by atoms with E-state index in [2.05, 4.69) is 23.2 Å². The van der Waals surface area contributed by atoms with Gasteiger partial charge in [-0.3, -0.25) is 29.4 Å². The molecule has 10 nitrogen and oxygen atoms in total. The molecular weight excluding hydrogens is 560 g/mol. The van der Waals surface area contributed by atoms with Gasteiger partial charge in [-0.2, -0.15) is 0 Å². The molecule has 1 aromatic rings. The first-order chi connectivity index (χ1) is 21.4. The van der Waals surface area contributed by atoms with Crippen LogP contribution in [0.2, 0.25) is 0 Å². The van der Waals surface area contributed by atoms with E-state index >= 15 is 0 Å². The highest BCUT2D eigenvalue weighted by Crippen LogP contribution is 2.32. The highest BCUT2D eigenvalue weighted by Gasteiger charge is 2.39. The highest BCUT2D eigenvalue weighted by atomic mass is 16.5. The standard InChI is InChI=1S/C34H44N4O6/c1-23-8-7-10-30(44-22-32(40)36-15-4-2-5-16-36)28(23)20-37-17-6-3-9-25(37)21-43-26-11-12-27-24(18-26)19-38(34(27)42)29-13-14-31(39)35-33(29)41/h7-8,10-12,18,23,25,28-29H,2-6,9,13-17,19-22H2,1H3,(H,35,39,41)/t23?,25-,28?,29?/m0/s1. The molecule has 4 amide bonds. The minimum absolute atomic E-state index is 0.0760. The molecule has 0 spiro atoms. The van der Waals surface area contributed by atoms with Crippen molar-refractivity contribution in [1.29, 1.82) is 0 Å². The van der Waals surface area contributed by atoms with Gasteiger partial charge in [0.25, 0.3) is 11.8 Å². The van der Waals surface area contributed by atoms with Crippen molar-refractivity contribution in [3.8, 4) is 5.75 Å². The zero-order valence-corrected chi connectivity index (χ0v) is 25.7. The second-order valence-electron chi connectivity index (χ2n) is 12.8. The van der Waals surface area contributed by atoms with Gasteiger partial charge >= 0.3 is 0 Å². The molecule has 3 unspecified atom stereocenters. The van der Waals surface area contributed by atoms with E-state index < -0.39 is 11.9 Å². The first-order valence-electron chi connectivity index (χ1n) is 16.3. The van der Waals surface area contributed by atoms with E-state index in [1.165, 1.54) is 6.42 Å². The van der Waals surface area contributed by atoms with Gasteiger partial charge in [0.05, 0.1) is 0 Å². The molecule has 5 aliphatic rings. The van der Waals surface area contributed by atoms with Crippen LogP contribution < -0.4 is 10.1 Å². The lowest BCUT2D eigenvalue weighted by Gasteiger charge is -2.39. The Hall–Kier alpha value is -3.66. The highest BCUT2D eigenvalue weighted by molar-refractivity contribution is 6.05. The summed E-state index contributed by atoms with van der Waals surface area (Å²) >= 11 is 0. The zero-order chi connectivity index (χ0) is 30.6. The second kappa shape index (κ2) is 13.5. The molecule has 6 rings (SSSR count). The van der Waals surface area contributed by atoms with Gasteiger partial charge in [-0.05, 0) is 80.8 Å². The lowest BCUT2D eigenvalue weighted by Crippen LogP contribution is -2.52. The van der Waals surface area contributed by atoms with Crippen LogP contribution in [0, 0.1) is 11.8 Å². The zero-order valence-electron chi connectivity index (χ0n) is 25.7. The Morgan fingerprint density at radius 2 is 1.82 bits per heavy atom. The summed E-state index contributed by atoms with van der Waals surface area (Å²) in [5.74, 6) is 1.26. The molecule has 0 bridgehead atoms. The number of rotatable bonds is 9. The molecule has 4 aliphatic heterocycles. The Morgan fingerprint density at radius 3 is 2.64 bits per heavy atom. The maximum Gasteiger partial charge on any atom is 0.260 e. The number of fused-ring (bicyclic) bond motifs is 1. The minimum atomic E-state index is -0.629. The molecule has 10 heteroatoms. The van der Waals surface area contributed by atoms with Crippen molar-refractivity contribution in [2.45, 2.75) is 76.9 Å². The molecule has 4 atom stereocenters. The maximum atomic E-state index is 13.1. The molecular formula is C34H44N4O6. The van der Waals surface area contributed by atoms with Crippen LogP contribution >= 0.6 is 0 Å². The lowest BCUT2D eigenvalue weighted by atomic mass is 9.86. The number of benzene rings is 1. The smallest absolute Gasteiger partial charge is 0.260 e. The number of hydrogen-bond donors (Lipinski definition) is 1. The monoisotopic (exact) mass is 604 g/mol. The number of amides is 4. The van der Waals surface area contributed by atoms with Gasteiger partial charge in [-0.25, -0.2) is 0 Å². The van der Waals surface area contributed by atoms with Crippen LogP contribution in [-0.4, -0.2) is 89.8 Å². The fraction of sp³-hybridized carbons (Fsp3) is 0.588. The molecule has 0 saturated carbocycles. The predicted octanol–water partition coefficient (Wildman–Crippen LogP) is 3.42. The fourth-order valence-electron chi connectivity index (χ4n) is 7.21. The van der Waals surface area contributed by atoms with E-state index in [1.54, 1.807) is 11.0 Å². The first kappa shape index (κ1) is 30.4. The van der Waals surface area contributed by atoms with Crippen LogP contribution in [0.1, 0.15) is 74.2 Å². The Morgan fingerprint density at radius 1 is 1.00 bits per heavy atom. The number of ether oxygens (including phenoxy) is 2. The Labute approximate surface area is 259 Å². The third kappa shape index (κ3) is 6.70. The average molecular weight is 605 g/mol. The summed E-state index contributed by atoms with van der Waals surface area (Å²) in [6.07, 6.45) is 13.5. The van der Waals surface area contributed by atoms with Gasteiger partial charge < -0.3 is 19.3 Å². The number of carbonyl (C=O) groups excluding carboxylic acids is 4. The van der Waals surface area contributed by atoms with Gasteiger partial charge in [0, 0.05) is 50.1 Å². The number of allylic oxidation sites excluding steroid dienone is 3. The molecule has 0 radical (unpaired) electrons. The van der Waals surface area contributed by atoms with Crippen LogP contribution in [0.15, 0.2) is 42.2 Å². The van der Waals surface area contributed by atoms with Crippen molar-refractivity contribution in [3.63, 3.8) is 0 Å². The summed E-state index contributed by atoms with van der Waals surface area (Å²) in [6.45, 7) is 6.65. The average Bonchev–Trinajstić information content (AvgIpc) is 3.36. The summed E-state index contributed by atoms with van der Waals surface area (Å²) in [7, 11) is 0. The summed E-state index contributed by atoms with van der Waals surface area (Å²) in [6, 6.07) is 5.14. The van der Waals surface area contributed by atoms with Crippen molar-refractivity contribution in [3.05, 3.63) is 53.3 Å². The van der Waals surface area contributed by atoms with Gasteiger partial charge in [0.2, 0.25) is 11.8 Å². The molecule has 44 heavy (non-hydrogen) atoms. The van der Waals surface area contributed by atoms with Crippen molar-refractivity contribution in [1.82, 2.24) is 20.0 Å². The SMILES string of the molecule is CC1C=CC=C(OCC(=O)N2CCCCC2)C1CN1CCCC[C@H]1COc1ccc2c(c1)CN(C1CCC(=O)NC1=O)C2=O. The third-order valence-electron chi connectivity index (χ3n) is 9.86. The number of nitrogens with one attached hydrogen (secondary N) is 1. The van der Waals surface area contributed by atoms with E-state index in [1.807, 2.05) is 29.2 Å². The fourth-order valence-corrected chi connectivity index (χ4v) is 7.21. The molecule has 0 aromatic heterocycles. The van der Waals surface area contributed by atoms with Crippen LogP contribution in [0.25, 0.3) is 0 Å². The van der Waals surface area contributed by atoms with Crippen LogP contribution in [0.3, 0.4) is 0 Å². The third-order valence-corrected chi connectivity index (χ3v) is 9.86. The summed E-state index contributed by atoms with van der Waals surface area (Å²) in [5, 5.41) is 2.35. The number of piperidine rings is 3. The first-order valence-corrected chi connectivity index (χ1v) is 16.3. The largest absolute Gasteiger partial charge is 0.492 e. The van der Waals surface area contributed by atoms with Crippen molar-refractivity contribution >= 4 is 23.6 Å². The van der Waals surface area contributed by atoms with E-state index in [0.717, 1.165) is 69.6 Å². The summed E-state index contributed by atoms with van der Waals surface area (Å²) < 4.78 is 12.5. The van der Waals surface area contributed by atoms with Gasteiger partial charge in [-0.1, -0.05) is 25.5 Å². The summed E-state index contributed by atoms with van der Waals surface area (Å²) in [5.41, 5.74) is 1.42. The van der Waals surface area contributed by atoms with E-state index in [0.29, 0.717) is 36.8 Å². The van der Waals surface area contributed by atoms with Gasteiger partial charge in [0.15, 0.2) is 6.61 Å². The Bertz CT molecular complexity index is 1330. The molecule has 1 aromatic carbocycles. The number of hydrogen-bond acceptors (Lipinski definition) is 7. The number of carbonyl (C=O) groups is 4. The number of nitrogens with zero attached hydrogens (tertiary/aromatic N) is 3. The topological polar surface area (TPSA) is 108 Å². The number of likely N-dealkylation sites (tertiary alicyclic amines) is 2. The van der Waals surface area contributed by atoms with Crippen LogP contribution in [-0.2, 0) is 25.7 Å². The van der Waals surface area contributed by atoms with Crippen molar-refractivity contribution in [2.24, 2.45) is 11.8 Å². The van der Waals surface area contributed by atoms with E-state index in [9.17, 15) is 19.2 Å². The molecule has 236 valence electrons. The molecule has 4 heterocycles. The van der Waals surface area contributed by atoms with Gasteiger partial charge in [-0.15, -0.1) is 0 Å². The second-order valence-corrected chi connectivity index (χ2v) is 12.8.